The van der Waals surface area contributed by atoms with Crippen molar-refractivity contribution in [3.8, 4) is 0 Å². The number of hydrogen-bond acceptors (Lipinski definition) is 4. The monoisotopic (exact) mass is 335 g/mol. The van der Waals surface area contributed by atoms with Crippen molar-refractivity contribution >= 4 is 5.91 Å². The van der Waals surface area contributed by atoms with Crippen LogP contribution in [-0.2, 0) is 4.74 Å². The molecule has 2 N–H and O–H groups in total. The van der Waals surface area contributed by atoms with E-state index in [9.17, 15) is 9.90 Å². The van der Waals surface area contributed by atoms with Gasteiger partial charge in [0.2, 0.25) is 0 Å². The highest BCUT2D eigenvalue weighted by Crippen LogP contribution is 2.27. The first kappa shape index (κ1) is 17.4. The average molecular weight is 335 g/mol. The van der Waals surface area contributed by atoms with Gasteiger partial charge in [0.15, 0.2) is 0 Å². The molecule has 1 aliphatic heterocycles. The van der Waals surface area contributed by atoms with Gasteiger partial charge in [-0.05, 0) is 32.6 Å². The van der Waals surface area contributed by atoms with Crippen molar-refractivity contribution in [2.24, 2.45) is 0 Å². The molecule has 0 atom stereocenters. The summed E-state index contributed by atoms with van der Waals surface area (Å²) in [5, 5.41) is 18.0. The third-order valence-corrected chi connectivity index (χ3v) is 5.44. The van der Waals surface area contributed by atoms with Crippen LogP contribution in [0.4, 0.5) is 0 Å². The maximum Gasteiger partial charge on any atom is 0.254 e. The molecule has 1 amide bonds. The lowest BCUT2D eigenvalue weighted by atomic mass is 9.94. The molecule has 2 aliphatic rings. The highest BCUT2D eigenvalue weighted by Gasteiger charge is 2.29. The van der Waals surface area contributed by atoms with E-state index in [1.54, 1.807) is 6.20 Å². The lowest BCUT2D eigenvalue weighted by Gasteiger charge is -2.27. The van der Waals surface area contributed by atoms with Gasteiger partial charge in [-0.2, -0.15) is 5.10 Å². The molecular formula is C18H29N3O3. The fourth-order valence-electron chi connectivity index (χ4n) is 3.85. The van der Waals surface area contributed by atoms with Crippen LogP contribution in [0.15, 0.2) is 6.20 Å². The maximum absolute atomic E-state index is 12.5. The van der Waals surface area contributed by atoms with Gasteiger partial charge in [-0.1, -0.05) is 25.7 Å². The zero-order valence-corrected chi connectivity index (χ0v) is 14.6. The van der Waals surface area contributed by atoms with Gasteiger partial charge in [-0.15, -0.1) is 0 Å². The number of aliphatic hydroxyl groups is 1. The largest absolute Gasteiger partial charge is 0.388 e. The zero-order valence-electron chi connectivity index (χ0n) is 14.6. The topological polar surface area (TPSA) is 76.4 Å². The molecule has 0 bridgehead atoms. The van der Waals surface area contributed by atoms with Gasteiger partial charge in [0.1, 0.15) is 0 Å². The summed E-state index contributed by atoms with van der Waals surface area (Å²) >= 11 is 0. The van der Waals surface area contributed by atoms with E-state index < -0.39 is 5.60 Å². The van der Waals surface area contributed by atoms with Crippen LogP contribution in [0, 0.1) is 6.92 Å². The van der Waals surface area contributed by atoms with Gasteiger partial charge < -0.3 is 15.2 Å². The molecule has 0 spiro atoms. The van der Waals surface area contributed by atoms with Gasteiger partial charge in [-0.25, -0.2) is 0 Å². The molecule has 134 valence electrons. The quantitative estimate of drug-likeness (QED) is 0.828. The fourth-order valence-corrected chi connectivity index (χ4v) is 3.85. The van der Waals surface area contributed by atoms with Gasteiger partial charge in [0.05, 0.1) is 23.4 Å². The average Bonchev–Trinajstić information content (AvgIpc) is 2.84. The van der Waals surface area contributed by atoms with Crippen molar-refractivity contribution in [2.75, 3.05) is 19.8 Å². The molecule has 1 aromatic heterocycles. The lowest BCUT2D eigenvalue weighted by Crippen LogP contribution is -2.42. The third kappa shape index (κ3) is 3.98. The zero-order chi connectivity index (χ0) is 17.0. The molecule has 6 nitrogen and oxygen atoms in total. The van der Waals surface area contributed by atoms with E-state index in [0.29, 0.717) is 18.2 Å². The Kier molecular flexibility index (Phi) is 5.56. The summed E-state index contributed by atoms with van der Waals surface area (Å²) < 4.78 is 7.35. The summed E-state index contributed by atoms with van der Waals surface area (Å²) in [7, 11) is 0. The second kappa shape index (κ2) is 7.66. The molecule has 3 rings (SSSR count). The van der Waals surface area contributed by atoms with Crippen LogP contribution in [0.3, 0.4) is 0 Å². The molecule has 24 heavy (non-hydrogen) atoms. The Balaban J connectivity index is 1.61. The van der Waals surface area contributed by atoms with Crippen molar-refractivity contribution in [1.29, 1.82) is 0 Å². The Hall–Kier alpha value is -1.40. The Bertz CT molecular complexity index is 556. The van der Waals surface area contributed by atoms with E-state index >= 15 is 0 Å². The van der Waals surface area contributed by atoms with Crippen LogP contribution in [-0.4, -0.2) is 46.2 Å². The first-order valence-corrected chi connectivity index (χ1v) is 9.21. The maximum atomic E-state index is 12.5. The number of nitrogens with zero attached hydrogens (tertiary/aromatic N) is 2. The van der Waals surface area contributed by atoms with Crippen molar-refractivity contribution in [3.63, 3.8) is 0 Å². The second-order valence-electron chi connectivity index (χ2n) is 7.25. The number of carbonyl (C=O) groups excluding carboxylic acids is 1. The second-order valence-corrected chi connectivity index (χ2v) is 7.25. The predicted molar refractivity (Wildman–Crippen MR) is 91.0 cm³/mol. The molecule has 6 heteroatoms. The molecule has 0 radical (unpaired) electrons. The number of aromatic nitrogens is 2. The number of carbonyl (C=O) groups is 1. The van der Waals surface area contributed by atoms with Crippen molar-refractivity contribution in [1.82, 2.24) is 15.1 Å². The molecule has 1 saturated heterocycles. The van der Waals surface area contributed by atoms with Gasteiger partial charge >= 0.3 is 0 Å². The van der Waals surface area contributed by atoms with Crippen molar-refractivity contribution in [2.45, 2.75) is 69.9 Å². The predicted octanol–water partition coefficient (Wildman–Crippen LogP) is 2.36. The van der Waals surface area contributed by atoms with Crippen molar-refractivity contribution in [3.05, 3.63) is 17.5 Å². The summed E-state index contributed by atoms with van der Waals surface area (Å²) in [6.45, 7) is 3.77. The van der Waals surface area contributed by atoms with E-state index in [-0.39, 0.29) is 5.91 Å². The first-order chi connectivity index (χ1) is 11.6. The standard InChI is InChI=1S/C18H29N3O3/c1-14-16(12-20-21(14)15-6-10-24-11-7-15)17(22)19-13-18(23)8-4-2-3-5-9-18/h12,15,23H,2-11,13H2,1H3,(H,19,22). The summed E-state index contributed by atoms with van der Waals surface area (Å²) in [5.41, 5.74) is 0.752. The Morgan fingerprint density at radius 1 is 1.33 bits per heavy atom. The lowest BCUT2D eigenvalue weighted by molar-refractivity contribution is 0.0246. The van der Waals surface area contributed by atoms with Crippen LogP contribution in [0.25, 0.3) is 0 Å². The van der Waals surface area contributed by atoms with Crippen LogP contribution in [0.5, 0.6) is 0 Å². The van der Waals surface area contributed by atoms with Gasteiger partial charge in [0.25, 0.3) is 5.91 Å². The number of ether oxygens (including phenoxy) is 1. The molecule has 1 aliphatic carbocycles. The Morgan fingerprint density at radius 2 is 2.00 bits per heavy atom. The molecule has 0 unspecified atom stereocenters. The van der Waals surface area contributed by atoms with E-state index in [0.717, 1.165) is 57.4 Å². The van der Waals surface area contributed by atoms with Gasteiger partial charge in [-0.3, -0.25) is 9.48 Å². The van der Waals surface area contributed by atoms with E-state index in [1.165, 1.54) is 12.8 Å². The van der Waals surface area contributed by atoms with Crippen LogP contribution < -0.4 is 5.32 Å². The van der Waals surface area contributed by atoms with E-state index in [1.807, 2.05) is 11.6 Å². The molecular weight excluding hydrogens is 306 g/mol. The van der Waals surface area contributed by atoms with Gasteiger partial charge in [0, 0.05) is 25.5 Å². The highest BCUT2D eigenvalue weighted by molar-refractivity contribution is 5.95. The fraction of sp³-hybridized carbons (Fsp3) is 0.778. The summed E-state index contributed by atoms with van der Waals surface area (Å²) in [6.07, 6.45) is 9.48. The number of nitrogens with one attached hydrogen (secondary N) is 1. The molecule has 2 fully saturated rings. The van der Waals surface area contributed by atoms with E-state index in [2.05, 4.69) is 10.4 Å². The smallest absolute Gasteiger partial charge is 0.254 e. The number of rotatable bonds is 4. The van der Waals surface area contributed by atoms with Crippen LogP contribution in [0.1, 0.15) is 73.5 Å². The van der Waals surface area contributed by atoms with Crippen LogP contribution in [0.2, 0.25) is 0 Å². The number of amides is 1. The molecule has 2 heterocycles. The Morgan fingerprint density at radius 3 is 2.67 bits per heavy atom. The molecule has 1 saturated carbocycles. The summed E-state index contributed by atoms with van der Waals surface area (Å²) in [5.74, 6) is -0.136. The minimum Gasteiger partial charge on any atom is -0.388 e. The minimum absolute atomic E-state index is 0.136. The summed E-state index contributed by atoms with van der Waals surface area (Å²) in [6, 6.07) is 0.311. The number of hydrogen-bond donors (Lipinski definition) is 2. The van der Waals surface area contributed by atoms with Crippen LogP contribution >= 0.6 is 0 Å². The highest BCUT2D eigenvalue weighted by atomic mass is 16.5. The summed E-state index contributed by atoms with van der Waals surface area (Å²) in [4.78, 5) is 12.5. The van der Waals surface area contributed by atoms with Crippen molar-refractivity contribution < 1.29 is 14.6 Å². The van der Waals surface area contributed by atoms with E-state index in [4.69, 9.17) is 4.74 Å². The third-order valence-electron chi connectivity index (χ3n) is 5.44. The minimum atomic E-state index is -0.753. The first-order valence-electron chi connectivity index (χ1n) is 9.21. The Labute approximate surface area is 143 Å². The molecule has 1 aromatic rings. The normalized spacial score (nSPS) is 22.1. The molecule has 0 aromatic carbocycles. The SMILES string of the molecule is Cc1c(C(=O)NCC2(O)CCCCCC2)cnn1C1CCOCC1.